The monoisotopic (exact) mass is 393 g/mol. The number of rotatable bonds is 7. The normalized spacial score (nSPS) is 10.7. The Morgan fingerprint density at radius 1 is 1.10 bits per heavy atom. The second-order valence-corrected chi connectivity index (χ2v) is 6.08. The predicted octanol–water partition coefficient (Wildman–Crippen LogP) is 2.13. The summed E-state index contributed by atoms with van der Waals surface area (Å²) in [6, 6.07) is 13.3. The average Bonchev–Trinajstić information content (AvgIpc) is 3.41. The molecule has 0 saturated heterocycles. The number of carbonyl (C=O) groups is 1. The van der Waals surface area contributed by atoms with Crippen molar-refractivity contribution in [3.63, 3.8) is 0 Å². The van der Waals surface area contributed by atoms with Crippen LogP contribution in [0.4, 0.5) is 10.3 Å². The lowest BCUT2D eigenvalue weighted by Crippen LogP contribution is -2.21. The van der Waals surface area contributed by atoms with Gasteiger partial charge in [-0.3, -0.25) is 19.8 Å². The van der Waals surface area contributed by atoms with E-state index in [0.29, 0.717) is 23.7 Å². The minimum absolute atomic E-state index is 0.141. The maximum absolute atomic E-state index is 13.0. The molecule has 0 aliphatic heterocycles. The van der Waals surface area contributed by atoms with E-state index < -0.39 is 5.91 Å². The molecule has 0 saturated carbocycles. The second kappa shape index (κ2) is 8.30. The smallest absolute Gasteiger partial charge is 0.264 e. The van der Waals surface area contributed by atoms with E-state index in [2.05, 4.69) is 30.7 Å². The summed E-state index contributed by atoms with van der Waals surface area (Å²) in [7, 11) is 0. The maximum atomic E-state index is 13.0. The summed E-state index contributed by atoms with van der Waals surface area (Å²) in [5.41, 5.74) is 1.58. The molecule has 0 aliphatic rings. The zero-order valence-corrected chi connectivity index (χ0v) is 15.1. The first-order valence-electron chi connectivity index (χ1n) is 8.70. The first-order chi connectivity index (χ1) is 14.2. The number of aromatic nitrogens is 6. The number of H-pyrrole nitrogens is 1. The number of carbonyl (C=O) groups excluding carboxylic acids is 1. The number of aromatic amines is 1. The molecule has 1 amide bonds. The number of ether oxygens (including phenoxy) is 1. The van der Waals surface area contributed by atoms with Crippen LogP contribution in [0.5, 0.6) is 5.75 Å². The summed E-state index contributed by atoms with van der Waals surface area (Å²) in [5, 5.41) is 16.8. The molecule has 2 N–H and O–H groups in total. The lowest BCUT2D eigenvalue weighted by Gasteiger charge is -2.10. The molecule has 0 atom stereocenters. The Morgan fingerprint density at radius 3 is 2.66 bits per heavy atom. The lowest BCUT2D eigenvalue weighted by molar-refractivity contribution is -0.118. The molecule has 0 bridgehead atoms. The van der Waals surface area contributed by atoms with Crippen LogP contribution in [0.25, 0.3) is 5.69 Å². The number of anilines is 1. The largest absolute Gasteiger partial charge is 0.482 e. The molecule has 2 heterocycles. The van der Waals surface area contributed by atoms with Gasteiger partial charge in [-0.15, -0.1) is 15.3 Å². The summed E-state index contributed by atoms with van der Waals surface area (Å²) in [6.45, 7) is -0.221. The Bertz CT molecular complexity index is 1090. The van der Waals surface area contributed by atoms with Crippen LogP contribution in [0.2, 0.25) is 0 Å². The molecule has 29 heavy (non-hydrogen) atoms. The van der Waals surface area contributed by atoms with Crippen molar-refractivity contribution in [1.82, 2.24) is 29.9 Å². The highest BCUT2D eigenvalue weighted by atomic mass is 19.1. The standard InChI is InChI=1S/C19H16FN7O2/c20-14-7-5-13(6-8-14)9-17-23-19(26-25-17)24-18(28)10-29-16-4-2-1-3-15(16)27-11-21-22-12-27/h1-8,11-12H,9-10H2,(H2,23,24,25,26,28). The number of nitrogens with one attached hydrogen (secondary N) is 2. The van der Waals surface area contributed by atoms with Crippen molar-refractivity contribution in [2.75, 3.05) is 11.9 Å². The first kappa shape index (κ1) is 18.3. The van der Waals surface area contributed by atoms with Gasteiger partial charge in [0.2, 0.25) is 5.95 Å². The fourth-order valence-electron chi connectivity index (χ4n) is 2.65. The van der Waals surface area contributed by atoms with Gasteiger partial charge in [0.25, 0.3) is 5.91 Å². The molecule has 0 radical (unpaired) electrons. The van der Waals surface area contributed by atoms with Crippen molar-refractivity contribution >= 4 is 11.9 Å². The van der Waals surface area contributed by atoms with Gasteiger partial charge in [-0.05, 0) is 29.8 Å². The molecule has 4 rings (SSSR count). The number of halogens is 1. The van der Waals surface area contributed by atoms with Gasteiger partial charge in [-0.25, -0.2) is 4.39 Å². The molecule has 0 aliphatic carbocycles. The van der Waals surface area contributed by atoms with Crippen LogP contribution in [0.15, 0.2) is 61.2 Å². The number of para-hydroxylation sites is 2. The summed E-state index contributed by atoms with van der Waals surface area (Å²) in [6.07, 6.45) is 3.52. The molecule has 0 spiro atoms. The van der Waals surface area contributed by atoms with E-state index in [1.54, 1.807) is 41.5 Å². The van der Waals surface area contributed by atoms with Gasteiger partial charge in [0, 0.05) is 6.42 Å². The lowest BCUT2D eigenvalue weighted by atomic mass is 10.1. The average molecular weight is 393 g/mol. The van der Waals surface area contributed by atoms with Crippen LogP contribution in [-0.4, -0.2) is 42.5 Å². The Labute approximate surface area is 164 Å². The third-order valence-corrected chi connectivity index (χ3v) is 3.99. The Morgan fingerprint density at radius 2 is 1.86 bits per heavy atom. The minimum Gasteiger partial charge on any atom is -0.482 e. The van der Waals surface area contributed by atoms with Gasteiger partial charge >= 0.3 is 0 Å². The number of nitrogens with zero attached hydrogens (tertiary/aromatic N) is 5. The highest BCUT2D eigenvalue weighted by molar-refractivity contribution is 5.90. The summed E-state index contributed by atoms with van der Waals surface area (Å²) in [5.74, 6) is 0.490. The van der Waals surface area contributed by atoms with E-state index in [9.17, 15) is 9.18 Å². The number of benzene rings is 2. The van der Waals surface area contributed by atoms with E-state index >= 15 is 0 Å². The molecule has 0 unspecified atom stereocenters. The predicted molar refractivity (Wildman–Crippen MR) is 101 cm³/mol. The number of amides is 1. The molecular formula is C19H16FN7O2. The molecule has 2 aromatic carbocycles. The summed E-state index contributed by atoms with van der Waals surface area (Å²) >= 11 is 0. The fraction of sp³-hybridized carbons (Fsp3) is 0.105. The van der Waals surface area contributed by atoms with Crippen molar-refractivity contribution in [1.29, 1.82) is 0 Å². The molecule has 0 fully saturated rings. The van der Waals surface area contributed by atoms with Crippen molar-refractivity contribution < 1.29 is 13.9 Å². The van der Waals surface area contributed by atoms with Crippen molar-refractivity contribution in [2.24, 2.45) is 0 Å². The third-order valence-electron chi connectivity index (χ3n) is 3.99. The van der Waals surface area contributed by atoms with Crippen molar-refractivity contribution in [3.05, 3.63) is 78.4 Å². The SMILES string of the molecule is O=C(COc1ccccc1-n1cnnc1)Nc1n[nH]c(Cc2ccc(F)cc2)n1. The number of hydrogen-bond donors (Lipinski definition) is 2. The van der Waals surface area contributed by atoms with Crippen LogP contribution in [0.1, 0.15) is 11.4 Å². The summed E-state index contributed by atoms with van der Waals surface area (Å²) in [4.78, 5) is 16.4. The highest BCUT2D eigenvalue weighted by Crippen LogP contribution is 2.21. The molecule has 2 aromatic heterocycles. The Balaban J connectivity index is 1.34. The van der Waals surface area contributed by atoms with E-state index in [1.165, 1.54) is 12.1 Å². The van der Waals surface area contributed by atoms with Crippen molar-refractivity contribution in [2.45, 2.75) is 6.42 Å². The van der Waals surface area contributed by atoms with Crippen LogP contribution in [-0.2, 0) is 11.2 Å². The van der Waals surface area contributed by atoms with E-state index in [1.807, 2.05) is 12.1 Å². The van der Waals surface area contributed by atoms with Crippen LogP contribution >= 0.6 is 0 Å². The molecule has 146 valence electrons. The maximum Gasteiger partial charge on any atom is 0.264 e. The molecule has 10 heteroatoms. The fourth-order valence-corrected chi connectivity index (χ4v) is 2.65. The molecule has 4 aromatic rings. The van der Waals surface area contributed by atoms with E-state index in [4.69, 9.17) is 4.74 Å². The van der Waals surface area contributed by atoms with Crippen molar-refractivity contribution in [3.8, 4) is 11.4 Å². The zero-order chi connectivity index (χ0) is 20.1. The van der Waals surface area contributed by atoms with E-state index in [-0.39, 0.29) is 18.4 Å². The molecular weight excluding hydrogens is 377 g/mol. The van der Waals surface area contributed by atoms with Gasteiger partial charge in [-0.1, -0.05) is 24.3 Å². The molecule has 9 nitrogen and oxygen atoms in total. The Kier molecular flexibility index (Phi) is 5.23. The summed E-state index contributed by atoms with van der Waals surface area (Å²) < 4.78 is 20.3. The minimum atomic E-state index is -0.407. The Hall–Kier alpha value is -4.08. The van der Waals surface area contributed by atoms with Gasteiger partial charge in [0.05, 0.1) is 5.69 Å². The zero-order valence-electron chi connectivity index (χ0n) is 15.1. The van der Waals surface area contributed by atoms with Crippen LogP contribution < -0.4 is 10.1 Å². The topological polar surface area (TPSA) is 111 Å². The van der Waals surface area contributed by atoms with Crippen LogP contribution in [0, 0.1) is 5.82 Å². The van der Waals surface area contributed by atoms with Gasteiger partial charge < -0.3 is 4.74 Å². The highest BCUT2D eigenvalue weighted by Gasteiger charge is 2.11. The van der Waals surface area contributed by atoms with Gasteiger partial charge in [0.1, 0.15) is 30.0 Å². The third kappa shape index (κ3) is 4.61. The van der Waals surface area contributed by atoms with E-state index in [0.717, 1.165) is 5.56 Å². The van der Waals surface area contributed by atoms with Gasteiger partial charge in [-0.2, -0.15) is 4.98 Å². The van der Waals surface area contributed by atoms with Gasteiger partial charge in [0.15, 0.2) is 6.61 Å². The quantitative estimate of drug-likeness (QED) is 0.498. The number of hydrogen-bond acceptors (Lipinski definition) is 6. The first-order valence-corrected chi connectivity index (χ1v) is 8.70. The van der Waals surface area contributed by atoms with Crippen LogP contribution in [0.3, 0.4) is 0 Å². The second-order valence-electron chi connectivity index (χ2n) is 6.08.